The molecule has 0 saturated carbocycles. The van der Waals surface area contributed by atoms with Gasteiger partial charge < -0.3 is 10.1 Å². The van der Waals surface area contributed by atoms with E-state index in [0.29, 0.717) is 29.0 Å². The predicted molar refractivity (Wildman–Crippen MR) is 119 cm³/mol. The fourth-order valence-electron chi connectivity index (χ4n) is 3.51. The minimum Gasteiger partial charge on any atom is -0.453 e. The summed E-state index contributed by atoms with van der Waals surface area (Å²) in [5, 5.41) is 12.3. The number of benzene rings is 1. The van der Waals surface area contributed by atoms with Gasteiger partial charge in [-0.2, -0.15) is 5.26 Å². The molecule has 2 heterocycles. The van der Waals surface area contributed by atoms with E-state index in [0.717, 1.165) is 11.1 Å². The molecule has 0 radical (unpaired) electrons. The molecular weight excluding hydrogens is 394 g/mol. The number of carbonyl (C=O) groups excluding carboxylic acids is 1. The molecule has 31 heavy (non-hydrogen) atoms. The fraction of sp³-hybridized carbons (Fsp3) is 0.391. The molecule has 0 aliphatic rings. The number of pyridine rings is 1. The standard InChI is InChI=1S/C23H27N5O3/c1-14(25-21(29)31-6)15-7-8-16(12-24)17(11-15)18-9-10-19-20(26-18)27(5)22(30)28(19)13-23(2,3)4/h7-11,14H,13H2,1-6H3,(H,25,29)/t14-/m1/s1. The van der Waals surface area contributed by atoms with Crippen molar-refractivity contribution in [3.05, 3.63) is 51.9 Å². The molecule has 1 aromatic carbocycles. The third-order valence-corrected chi connectivity index (χ3v) is 5.07. The quantitative estimate of drug-likeness (QED) is 0.691. The largest absolute Gasteiger partial charge is 0.453 e. The summed E-state index contributed by atoms with van der Waals surface area (Å²) in [5.74, 6) is 0. The minimum absolute atomic E-state index is 0.0676. The number of aromatic nitrogens is 3. The van der Waals surface area contributed by atoms with E-state index in [1.807, 2.05) is 25.1 Å². The summed E-state index contributed by atoms with van der Waals surface area (Å²) in [6.45, 7) is 8.63. The molecule has 2 aromatic heterocycles. The van der Waals surface area contributed by atoms with E-state index < -0.39 is 6.09 Å². The van der Waals surface area contributed by atoms with Crippen LogP contribution in [0.25, 0.3) is 22.4 Å². The van der Waals surface area contributed by atoms with Gasteiger partial charge in [0.15, 0.2) is 5.65 Å². The summed E-state index contributed by atoms with van der Waals surface area (Å²) in [7, 11) is 3.01. The van der Waals surface area contributed by atoms with Crippen LogP contribution in [-0.4, -0.2) is 27.3 Å². The highest BCUT2D eigenvalue weighted by Gasteiger charge is 2.20. The van der Waals surface area contributed by atoms with Crippen LogP contribution in [0.2, 0.25) is 0 Å². The van der Waals surface area contributed by atoms with Crippen molar-refractivity contribution in [1.82, 2.24) is 19.4 Å². The van der Waals surface area contributed by atoms with Gasteiger partial charge >= 0.3 is 11.8 Å². The zero-order valence-corrected chi connectivity index (χ0v) is 18.7. The second kappa shape index (κ2) is 8.26. The van der Waals surface area contributed by atoms with Crippen LogP contribution in [0.15, 0.2) is 35.1 Å². The number of fused-ring (bicyclic) bond motifs is 1. The first-order valence-corrected chi connectivity index (χ1v) is 10.0. The summed E-state index contributed by atoms with van der Waals surface area (Å²) < 4.78 is 7.92. The molecule has 1 atom stereocenters. The van der Waals surface area contributed by atoms with Gasteiger partial charge in [-0.25, -0.2) is 14.6 Å². The van der Waals surface area contributed by atoms with Crippen molar-refractivity contribution < 1.29 is 9.53 Å². The maximum Gasteiger partial charge on any atom is 0.407 e. The van der Waals surface area contributed by atoms with E-state index in [1.165, 1.54) is 11.7 Å². The maximum atomic E-state index is 12.8. The Bertz CT molecular complexity index is 1240. The summed E-state index contributed by atoms with van der Waals surface area (Å²) in [5.41, 5.74) is 3.60. The van der Waals surface area contributed by atoms with Crippen LogP contribution in [0.3, 0.4) is 0 Å². The Hall–Kier alpha value is -3.60. The molecule has 0 aliphatic carbocycles. The number of carbonyl (C=O) groups is 1. The first kappa shape index (κ1) is 22.1. The molecule has 0 bridgehead atoms. The van der Waals surface area contributed by atoms with Crippen molar-refractivity contribution in [2.45, 2.75) is 40.3 Å². The monoisotopic (exact) mass is 421 g/mol. The van der Waals surface area contributed by atoms with Gasteiger partial charge in [0, 0.05) is 19.2 Å². The van der Waals surface area contributed by atoms with Gasteiger partial charge in [-0.15, -0.1) is 0 Å². The number of hydrogen-bond donors (Lipinski definition) is 1. The van der Waals surface area contributed by atoms with Gasteiger partial charge in [-0.3, -0.25) is 9.13 Å². The van der Waals surface area contributed by atoms with E-state index in [9.17, 15) is 14.9 Å². The van der Waals surface area contributed by atoms with E-state index in [-0.39, 0.29) is 17.1 Å². The Morgan fingerprint density at radius 2 is 2.00 bits per heavy atom. The van der Waals surface area contributed by atoms with Gasteiger partial charge in [0.25, 0.3) is 0 Å². The van der Waals surface area contributed by atoms with Crippen LogP contribution in [0.5, 0.6) is 0 Å². The van der Waals surface area contributed by atoms with Gasteiger partial charge in [0.2, 0.25) is 0 Å². The molecule has 1 amide bonds. The van der Waals surface area contributed by atoms with E-state index in [1.54, 1.807) is 23.7 Å². The predicted octanol–water partition coefficient (Wildman–Crippen LogP) is 3.74. The zero-order chi connectivity index (χ0) is 22.9. The third-order valence-electron chi connectivity index (χ3n) is 5.07. The number of amides is 1. The molecule has 162 valence electrons. The first-order valence-electron chi connectivity index (χ1n) is 10.0. The molecule has 1 N–H and O–H groups in total. The number of nitrogens with zero attached hydrogens (tertiary/aromatic N) is 4. The molecule has 3 aromatic rings. The molecule has 3 rings (SSSR count). The highest BCUT2D eigenvalue weighted by atomic mass is 16.5. The fourth-order valence-corrected chi connectivity index (χ4v) is 3.51. The number of ether oxygens (including phenoxy) is 1. The molecule has 8 nitrogen and oxygen atoms in total. The van der Waals surface area contributed by atoms with E-state index in [4.69, 9.17) is 4.98 Å². The highest BCUT2D eigenvalue weighted by molar-refractivity contribution is 5.78. The number of alkyl carbamates (subject to hydrolysis) is 1. The van der Waals surface area contributed by atoms with Gasteiger partial charge in [-0.05, 0) is 42.2 Å². The lowest BCUT2D eigenvalue weighted by Gasteiger charge is -2.18. The summed E-state index contributed by atoms with van der Waals surface area (Å²) >= 11 is 0. The van der Waals surface area contributed by atoms with Crippen LogP contribution in [0.4, 0.5) is 4.79 Å². The number of rotatable bonds is 4. The average molecular weight is 422 g/mol. The molecule has 0 fully saturated rings. The highest BCUT2D eigenvalue weighted by Crippen LogP contribution is 2.28. The Morgan fingerprint density at radius 1 is 1.29 bits per heavy atom. The van der Waals surface area contributed by atoms with Crippen molar-refractivity contribution in [2.75, 3.05) is 7.11 Å². The number of nitriles is 1. The van der Waals surface area contributed by atoms with Gasteiger partial charge in [0.1, 0.15) is 0 Å². The van der Waals surface area contributed by atoms with Crippen molar-refractivity contribution in [3.63, 3.8) is 0 Å². The van der Waals surface area contributed by atoms with Crippen LogP contribution in [-0.2, 0) is 18.3 Å². The number of methoxy groups -OCH3 is 1. The molecule has 0 aliphatic heterocycles. The Labute approximate surface area is 181 Å². The molecule has 0 saturated heterocycles. The van der Waals surface area contributed by atoms with Crippen LogP contribution in [0, 0.1) is 16.7 Å². The van der Waals surface area contributed by atoms with Crippen molar-refractivity contribution in [1.29, 1.82) is 5.26 Å². The third kappa shape index (κ3) is 4.45. The number of nitrogens with one attached hydrogen (secondary N) is 1. The normalized spacial score (nSPS) is 12.4. The summed E-state index contributed by atoms with van der Waals surface area (Å²) in [4.78, 5) is 29.1. The summed E-state index contributed by atoms with van der Waals surface area (Å²) in [6, 6.07) is 10.9. The lowest BCUT2D eigenvalue weighted by Crippen LogP contribution is -2.27. The van der Waals surface area contributed by atoms with Gasteiger partial charge in [-0.1, -0.05) is 26.8 Å². The molecule has 0 spiro atoms. The summed E-state index contributed by atoms with van der Waals surface area (Å²) in [6.07, 6.45) is -0.534. The topological polar surface area (TPSA) is 102 Å². The average Bonchev–Trinajstić information content (AvgIpc) is 2.96. The van der Waals surface area contributed by atoms with Crippen LogP contribution in [0.1, 0.15) is 44.9 Å². The first-order chi connectivity index (χ1) is 14.6. The minimum atomic E-state index is -0.534. The second-order valence-corrected chi connectivity index (χ2v) is 8.80. The van der Waals surface area contributed by atoms with Crippen molar-refractivity contribution in [3.8, 4) is 17.3 Å². The number of hydrogen-bond acceptors (Lipinski definition) is 5. The SMILES string of the molecule is COC(=O)N[C@H](C)c1ccc(C#N)c(-c2ccc3c(n2)n(C)c(=O)n3CC(C)(C)C)c1. The van der Waals surface area contributed by atoms with E-state index >= 15 is 0 Å². The Balaban J connectivity index is 2.12. The molecular formula is C23H27N5O3. The lowest BCUT2D eigenvalue weighted by atomic mass is 9.97. The molecule has 8 heteroatoms. The smallest absolute Gasteiger partial charge is 0.407 e. The van der Waals surface area contributed by atoms with E-state index in [2.05, 4.69) is 36.9 Å². The Morgan fingerprint density at radius 3 is 2.61 bits per heavy atom. The lowest BCUT2D eigenvalue weighted by molar-refractivity contribution is 0.167. The van der Waals surface area contributed by atoms with Crippen molar-refractivity contribution >= 4 is 17.3 Å². The number of aryl methyl sites for hydroxylation is 1. The molecule has 0 unspecified atom stereocenters. The zero-order valence-electron chi connectivity index (χ0n) is 18.7. The Kier molecular flexibility index (Phi) is 5.89. The maximum absolute atomic E-state index is 12.8. The van der Waals surface area contributed by atoms with Crippen LogP contribution < -0.4 is 11.0 Å². The van der Waals surface area contributed by atoms with Gasteiger partial charge in [0.05, 0.1) is 36.0 Å². The second-order valence-electron chi connectivity index (χ2n) is 8.80. The van der Waals surface area contributed by atoms with Crippen LogP contribution >= 0.6 is 0 Å². The number of imidazole rings is 1. The van der Waals surface area contributed by atoms with Crippen molar-refractivity contribution in [2.24, 2.45) is 12.5 Å².